The highest BCUT2D eigenvalue weighted by Gasteiger charge is 2.29. The molecule has 0 fully saturated rings. The van der Waals surface area contributed by atoms with Crippen LogP contribution in [0.1, 0.15) is 49.3 Å². The number of fused-ring (bicyclic) bond motifs is 1. The molecule has 3 heteroatoms. The van der Waals surface area contributed by atoms with Gasteiger partial charge in [-0.25, -0.2) is 0 Å². The molecular formula is C13H18N2O. The SMILES string of the molecule is CC(=O)c1cnc2c(c1)CN(C(C)(C)C)C2. The Balaban J connectivity index is 2.28. The van der Waals surface area contributed by atoms with Gasteiger partial charge < -0.3 is 0 Å². The Kier molecular flexibility index (Phi) is 2.58. The summed E-state index contributed by atoms with van der Waals surface area (Å²) in [7, 11) is 0. The second-order valence-electron chi connectivity index (χ2n) is 5.41. The van der Waals surface area contributed by atoms with Crippen LogP contribution in [0.5, 0.6) is 0 Å². The van der Waals surface area contributed by atoms with Gasteiger partial charge in [0, 0.05) is 30.4 Å². The third-order valence-corrected chi connectivity index (χ3v) is 3.12. The van der Waals surface area contributed by atoms with Gasteiger partial charge in [-0.05, 0) is 39.3 Å². The van der Waals surface area contributed by atoms with Gasteiger partial charge in [-0.2, -0.15) is 0 Å². The molecule has 0 saturated heterocycles. The quantitative estimate of drug-likeness (QED) is 0.679. The van der Waals surface area contributed by atoms with E-state index in [4.69, 9.17) is 0 Å². The Bertz CT molecular complexity index is 432. The predicted octanol–water partition coefficient (Wildman–Crippen LogP) is 2.40. The largest absolute Gasteiger partial charge is 0.294 e. The molecule has 0 aliphatic carbocycles. The van der Waals surface area contributed by atoms with Crippen molar-refractivity contribution < 1.29 is 4.79 Å². The maximum Gasteiger partial charge on any atom is 0.161 e. The highest BCUT2D eigenvalue weighted by atomic mass is 16.1. The van der Waals surface area contributed by atoms with E-state index in [1.165, 1.54) is 5.56 Å². The number of pyridine rings is 1. The molecule has 1 aromatic rings. The lowest BCUT2D eigenvalue weighted by atomic mass is 10.1. The second kappa shape index (κ2) is 3.67. The minimum absolute atomic E-state index is 0.0875. The summed E-state index contributed by atoms with van der Waals surface area (Å²) in [6.45, 7) is 9.96. The van der Waals surface area contributed by atoms with E-state index in [1.54, 1.807) is 13.1 Å². The van der Waals surface area contributed by atoms with Crippen LogP contribution in [0, 0.1) is 0 Å². The summed E-state index contributed by atoms with van der Waals surface area (Å²) in [5.41, 5.74) is 3.17. The number of carbonyl (C=O) groups excluding carboxylic acids is 1. The van der Waals surface area contributed by atoms with E-state index in [-0.39, 0.29) is 11.3 Å². The van der Waals surface area contributed by atoms with Gasteiger partial charge in [-0.1, -0.05) is 0 Å². The first kappa shape index (κ1) is 11.3. The maximum absolute atomic E-state index is 11.3. The van der Waals surface area contributed by atoms with Crippen molar-refractivity contribution in [2.75, 3.05) is 0 Å². The minimum atomic E-state index is 0.0875. The highest BCUT2D eigenvalue weighted by molar-refractivity contribution is 5.93. The Morgan fingerprint density at radius 2 is 2.06 bits per heavy atom. The standard InChI is InChI=1S/C13H18N2O/c1-9(16)10-5-11-7-15(13(2,3)4)8-12(11)14-6-10/h5-6H,7-8H2,1-4H3. The van der Waals surface area contributed by atoms with Gasteiger partial charge >= 0.3 is 0 Å². The van der Waals surface area contributed by atoms with Gasteiger partial charge in [0.05, 0.1) is 5.69 Å². The molecule has 0 saturated carbocycles. The first-order valence-corrected chi connectivity index (χ1v) is 5.62. The van der Waals surface area contributed by atoms with Crippen LogP contribution in [0.4, 0.5) is 0 Å². The van der Waals surface area contributed by atoms with Crippen LogP contribution in [0.2, 0.25) is 0 Å². The average Bonchev–Trinajstić information content (AvgIpc) is 2.58. The molecule has 3 nitrogen and oxygen atoms in total. The summed E-state index contributed by atoms with van der Waals surface area (Å²) in [6.07, 6.45) is 1.69. The third kappa shape index (κ3) is 2.00. The van der Waals surface area contributed by atoms with E-state index < -0.39 is 0 Å². The van der Waals surface area contributed by atoms with Crippen molar-refractivity contribution in [3.8, 4) is 0 Å². The number of ketones is 1. The third-order valence-electron chi connectivity index (χ3n) is 3.12. The number of hydrogen-bond donors (Lipinski definition) is 0. The molecule has 0 radical (unpaired) electrons. The zero-order chi connectivity index (χ0) is 11.9. The van der Waals surface area contributed by atoms with Crippen molar-refractivity contribution in [2.45, 2.75) is 46.3 Å². The monoisotopic (exact) mass is 218 g/mol. The van der Waals surface area contributed by atoms with Gasteiger partial charge in [0.25, 0.3) is 0 Å². The first-order chi connectivity index (χ1) is 7.38. The van der Waals surface area contributed by atoms with E-state index in [2.05, 4.69) is 30.7 Å². The van der Waals surface area contributed by atoms with Crippen LogP contribution < -0.4 is 0 Å². The van der Waals surface area contributed by atoms with Crippen molar-refractivity contribution in [3.05, 3.63) is 29.1 Å². The molecule has 0 amide bonds. The first-order valence-electron chi connectivity index (χ1n) is 5.62. The van der Waals surface area contributed by atoms with Crippen molar-refractivity contribution in [1.82, 2.24) is 9.88 Å². The van der Waals surface area contributed by atoms with Crippen LogP contribution in [-0.2, 0) is 13.1 Å². The second-order valence-corrected chi connectivity index (χ2v) is 5.41. The summed E-state index contributed by atoms with van der Waals surface area (Å²) >= 11 is 0. The molecule has 1 aliphatic heterocycles. The van der Waals surface area contributed by atoms with Crippen LogP contribution in [0.15, 0.2) is 12.3 Å². The predicted molar refractivity (Wildman–Crippen MR) is 63.2 cm³/mol. The average molecular weight is 218 g/mol. The fraction of sp³-hybridized carbons (Fsp3) is 0.538. The molecule has 0 unspecified atom stereocenters. The number of rotatable bonds is 1. The van der Waals surface area contributed by atoms with Crippen LogP contribution in [0.3, 0.4) is 0 Å². The van der Waals surface area contributed by atoms with Crippen LogP contribution in [0.25, 0.3) is 0 Å². The van der Waals surface area contributed by atoms with E-state index in [0.717, 1.165) is 24.3 Å². The van der Waals surface area contributed by atoms with Crippen molar-refractivity contribution in [3.63, 3.8) is 0 Å². The zero-order valence-electron chi connectivity index (χ0n) is 10.4. The molecule has 16 heavy (non-hydrogen) atoms. The lowest BCUT2D eigenvalue weighted by molar-refractivity contribution is 0.101. The van der Waals surface area contributed by atoms with Crippen molar-refractivity contribution in [2.24, 2.45) is 0 Å². The molecule has 2 heterocycles. The van der Waals surface area contributed by atoms with Crippen LogP contribution >= 0.6 is 0 Å². The molecule has 0 atom stereocenters. The molecular weight excluding hydrogens is 200 g/mol. The molecule has 0 aromatic carbocycles. The van der Waals surface area contributed by atoms with Crippen molar-refractivity contribution >= 4 is 5.78 Å². The fourth-order valence-electron chi connectivity index (χ4n) is 1.93. The van der Waals surface area contributed by atoms with Gasteiger partial charge in [0.1, 0.15) is 0 Å². The van der Waals surface area contributed by atoms with E-state index in [1.807, 2.05) is 6.07 Å². The minimum Gasteiger partial charge on any atom is -0.294 e. The number of carbonyl (C=O) groups is 1. The van der Waals surface area contributed by atoms with Gasteiger partial charge in [0.2, 0.25) is 0 Å². The summed E-state index contributed by atoms with van der Waals surface area (Å²) in [5.74, 6) is 0.0875. The molecule has 86 valence electrons. The lowest BCUT2D eigenvalue weighted by Gasteiger charge is -2.30. The molecule has 2 rings (SSSR count). The Labute approximate surface area is 96.5 Å². The fourth-order valence-corrected chi connectivity index (χ4v) is 1.93. The van der Waals surface area contributed by atoms with E-state index >= 15 is 0 Å². The maximum atomic E-state index is 11.3. The molecule has 0 bridgehead atoms. The topological polar surface area (TPSA) is 33.2 Å². The molecule has 0 spiro atoms. The van der Waals surface area contributed by atoms with Crippen LogP contribution in [-0.4, -0.2) is 21.2 Å². The zero-order valence-corrected chi connectivity index (χ0v) is 10.4. The highest BCUT2D eigenvalue weighted by Crippen LogP contribution is 2.28. The van der Waals surface area contributed by atoms with E-state index in [9.17, 15) is 4.79 Å². The van der Waals surface area contributed by atoms with E-state index in [0.29, 0.717) is 0 Å². The van der Waals surface area contributed by atoms with Gasteiger partial charge in [-0.15, -0.1) is 0 Å². The Morgan fingerprint density at radius 3 is 2.62 bits per heavy atom. The summed E-state index contributed by atoms with van der Waals surface area (Å²) in [5, 5.41) is 0. The number of aromatic nitrogens is 1. The molecule has 0 N–H and O–H groups in total. The summed E-state index contributed by atoms with van der Waals surface area (Å²) < 4.78 is 0. The Morgan fingerprint density at radius 1 is 1.38 bits per heavy atom. The van der Waals surface area contributed by atoms with Gasteiger partial charge in [0.15, 0.2) is 5.78 Å². The molecule has 1 aliphatic rings. The lowest BCUT2D eigenvalue weighted by Crippen LogP contribution is -2.36. The summed E-state index contributed by atoms with van der Waals surface area (Å²) in [4.78, 5) is 18.0. The van der Waals surface area contributed by atoms with Gasteiger partial charge in [-0.3, -0.25) is 14.7 Å². The number of nitrogens with zero attached hydrogens (tertiary/aromatic N) is 2. The van der Waals surface area contributed by atoms with Crippen molar-refractivity contribution in [1.29, 1.82) is 0 Å². The Hall–Kier alpha value is -1.22. The molecule has 1 aromatic heterocycles. The number of Topliss-reactive ketones (excluding diaryl/α,β-unsaturated/α-hetero) is 1. The normalized spacial score (nSPS) is 16.2. The number of hydrogen-bond acceptors (Lipinski definition) is 3. The smallest absolute Gasteiger partial charge is 0.161 e. The summed E-state index contributed by atoms with van der Waals surface area (Å²) in [6, 6.07) is 1.98.